The maximum Gasteiger partial charge on any atom is 0.256 e. The molecule has 1 N–H and O–H groups in total. The number of nitrogens with one attached hydrogen (secondary N) is 1. The number of hydrogen-bond acceptors (Lipinski definition) is 5. The number of allylic oxidation sites excluding steroid dienone is 2. The van der Waals surface area contributed by atoms with Crippen molar-refractivity contribution in [3.05, 3.63) is 58.0 Å². The fourth-order valence-corrected chi connectivity index (χ4v) is 7.10. The average molecular weight is 444 g/mol. The first kappa shape index (κ1) is 19.4. The predicted molar refractivity (Wildman–Crippen MR) is 120 cm³/mol. The first-order valence-electron chi connectivity index (χ1n) is 11.1. The van der Waals surface area contributed by atoms with Gasteiger partial charge in [-0.05, 0) is 73.8 Å². The summed E-state index contributed by atoms with van der Waals surface area (Å²) in [6, 6.07) is 8.84. The Hall–Kier alpha value is -3.24. The largest absolute Gasteiger partial charge is 0.312 e. The smallest absolute Gasteiger partial charge is 0.256 e. The Morgan fingerprint density at radius 3 is 2.34 bits per heavy atom. The summed E-state index contributed by atoms with van der Waals surface area (Å²) in [6.45, 7) is 0. The van der Waals surface area contributed by atoms with Crippen LogP contribution in [0.5, 0.6) is 0 Å². The number of nitrogens with zero attached hydrogens (tertiary/aromatic N) is 2. The molecular weight excluding hydrogens is 422 g/mol. The minimum Gasteiger partial charge on any atom is -0.312 e. The zero-order valence-electron chi connectivity index (χ0n) is 17.3. The van der Waals surface area contributed by atoms with E-state index in [0.29, 0.717) is 21.8 Å². The number of rotatable bonds is 3. The lowest BCUT2D eigenvalue weighted by atomic mass is 9.85. The van der Waals surface area contributed by atoms with Crippen molar-refractivity contribution in [1.29, 1.82) is 5.26 Å². The van der Waals surface area contributed by atoms with E-state index in [1.54, 1.807) is 24.3 Å². The topological polar surface area (TPSA) is 90.3 Å². The van der Waals surface area contributed by atoms with Crippen molar-refractivity contribution in [3.63, 3.8) is 0 Å². The van der Waals surface area contributed by atoms with Crippen molar-refractivity contribution in [2.24, 2.45) is 23.7 Å². The van der Waals surface area contributed by atoms with Crippen LogP contribution in [0.25, 0.3) is 0 Å². The van der Waals surface area contributed by atoms with Crippen LogP contribution in [0.2, 0.25) is 0 Å². The predicted octanol–water partition coefficient (Wildman–Crippen LogP) is 4.06. The highest BCUT2D eigenvalue weighted by atomic mass is 32.1. The Bertz CT molecular complexity index is 1210. The molecule has 160 valence electrons. The van der Waals surface area contributed by atoms with Crippen LogP contribution in [0.15, 0.2) is 36.4 Å². The maximum absolute atomic E-state index is 13.0. The standard InChI is InChI=1S/C25H21N3O3S/c26-12-18-17-3-1-2-4-19(17)32-23(18)27-22(29)13-7-9-16(10-8-13)28-24(30)20-14-5-6-15(11-14)21(20)25(28)31/h5-10,14-15,20-21H,1-4,11H2,(H,27,29)/t14-,15-,20-,21+/m0/s1. The lowest BCUT2D eigenvalue weighted by Crippen LogP contribution is -2.32. The lowest BCUT2D eigenvalue weighted by molar-refractivity contribution is -0.123. The van der Waals surface area contributed by atoms with Crippen LogP contribution in [-0.2, 0) is 22.4 Å². The van der Waals surface area contributed by atoms with Crippen LogP contribution in [0.1, 0.15) is 45.6 Å². The highest BCUT2D eigenvalue weighted by Crippen LogP contribution is 2.53. The molecule has 1 saturated carbocycles. The Morgan fingerprint density at radius 1 is 1.03 bits per heavy atom. The fraction of sp³-hybridized carbons (Fsp3) is 0.360. The number of thiophene rings is 1. The van der Waals surface area contributed by atoms with Crippen molar-refractivity contribution in [2.75, 3.05) is 10.2 Å². The van der Waals surface area contributed by atoms with E-state index in [1.165, 1.54) is 21.1 Å². The van der Waals surface area contributed by atoms with Crippen molar-refractivity contribution in [3.8, 4) is 6.07 Å². The molecular formula is C25H21N3O3S. The molecule has 7 heteroatoms. The number of carbonyl (C=O) groups excluding carboxylic acids is 3. The van der Waals surface area contributed by atoms with E-state index in [1.807, 2.05) is 0 Å². The van der Waals surface area contributed by atoms with E-state index in [-0.39, 0.29) is 41.4 Å². The maximum atomic E-state index is 13.0. The van der Waals surface area contributed by atoms with E-state index in [9.17, 15) is 19.6 Å². The van der Waals surface area contributed by atoms with Gasteiger partial charge in [0.1, 0.15) is 11.1 Å². The Balaban J connectivity index is 1.22. The summed E-state index contributed by atoms with van der Waals surface area (Å²) in [5.74, 6) is -0.701. The lowest BCUT2D eigenvalue weighted by Gasteiger charge is -2.17. The third-order valence-corrected chi connectivity index (χ3v) is 8.58. The molecule has 0 unspecified atom stereocenters. The normalized spacial score (nSPS) is 27.4. The molecule has 6 nitrogen and oxygen atoms in total. The average Bonchev–Trinajstić information content (AvgIpc) is 3.55. The summed E-state index contributed by atoms with van der Waals surface area (Å²) in [7, 11) is 0. The second-order valence-electron chi connectivity index (χ2n) is 9.04. The molecule has 2 heterocycles. The third-order valence-electron chi connectivity index (χ3n) is 7.37. The molecule has 0 spiro atoms. The molecule has 4 atom stereocenters. The van der Waals surface area contributed by atoms with Crippen LogP contribution in [0.4, 0.5) is 10.7 Å². The number of fused-ring (bicyclic) bond motifs is 6. The summed E-state index contributed by atoms with van der Waals surface area (Å²) in [6.07, 6.45) is 9.07. The Labute approximate surface area is 189 Å². The number of carbonyl (C=O) groups is 3. The number of aryl methyl sites for hydroxylation is 1. The second kappa shape index (κ2) is 7.14. The Kier molecular flexibility index (Phi) is 4.34. The summed E-state index contributed by atoms with van der Waals surface area (Å²) in [5, 5.41) is 13.1. The van der Waals surface area contributed by atoms with Crippen molar-refractivity contribution in [1.82, 2.24) is 0 Å². The molecule has 32 heavy (non-hydrogen) atoms. The van der Waals surface area contributed by atoms with Crippen LogP contribution in [0.3, 0.4) is 0 Å². The molecule has 1 aromatic carbocycles. The van der Waals surface area contributed by atoms with Crippen LogP contribution < -0.4 is 10.2 Å². The van der Waals surface area contributed by atoms with Gasteiger partial charge in [0.15, 0.2) is 0 Å². The number of benzene rings is 1. The molecule has 3 amide bonds. The van der Waals surface area contributed by atoms with Crippen LogP contribution in [-0.4, -0.2) is 17.7 Å². The molecule has 0 radical (unpaired) electrons. The van der Waals surface area contributed by atoms with Crippen LogP contribution in [0, 0.1) is 35.0 Å². The highest BCUT2D eigenvalue weighted by molar-refractivity contribution is 7.16. The SMILES string of the molecule is N#Cc1c(NC(=O)c2ccc(N3C(=O)[C@@H]4[C@H](C3=O)[C@H]3C=C[C@H]4C3)cc2)sc2c1CCCC2. The number of amides is 3. The highest BCUT2D eigenvalue weighted by Gasteiger charge is 2.59. The van der Waals surface area contributed by atoms with Crippen molar-refractivity contribution >= 4 is 39.7 Å². The van der Waals surface area contributed by atoms with Gasteiger partial charge in [-0.3, -0.25) is 19.3 Å². The van der Waals surface area contributed by atoms with E-state index in [0.717, 1.165) is 37.7 Å². The molecule has 3 aliphatic carbocycles. The van der Waals surface area contributed by atoms with Crippen LogP contribution >= 0.6 is 11.3 Å². The van der Waals surface area contributed by atoms with E-state index in [2.05, 4.69) is 23.5 Å². The molecule has 2 aromatic rings. The first-order chi connectivity index (χ1) is 15.6. The fourth-order valence-electron chi connectivity index (χ4n) is 5.87. The molecule has 1 saturated heterocycles. The summed E-state index contributed by atoms with van der Waals surface area (Å²) >= 11 is 1.49. The second-order valence-corrected chi connectivity index (χ2v) is 10.1. The zero-order valence-corrected chi connectivity index (χ0v) is 18.2. The Morgan fingerprint density at radius 2 is 1.69 bits per heavy atom. The van der Waals surface area contributed by atoms with Gasteiger partial charge in [0.05, 0.1) is 23.1 Å². The van der Waals surface area contributed by atoms with Gasteiger partial charge in [-0.15, -0.1) is 11.3 Å². The van der Waals surface area contributed by atoms with Gasteiger partial charge >= 0.3 is 0 Å². The molecule has 6 rings (SSSR count). The van der Waals surface area contributed by atoms with Gasteiger partial charge in [-0.25, -0.2) is 0 Å². The first-order valence-corrected chi connectivity index (χ1v) is 11.9. The van der Waals surface area contributed by atoms with Gasteiger partial charge in [-0.2, -0.15) is 5.26 Å². The molecule has 2 bridgehead atoms. The summed E-state index contributed by atoms with van der Waals surface area (Å²) in [5.41, 5.74) is 2.59. The number of hydrogen-bond donors (Lipinski definition) is 1. The van der Waals surface area contributed by atoms with Gasteiger partial charge in [0, 0.05) is 10.4 Å². The number of nitriles is 1. The third kappa shape index (κ3) is 2.72. The summed E-state index contributed by atoms with van der Waals surface area (Å²) in [4.78, 5) is 41.3. The zero-order chi connectivity index (χ0) is 22.0. The molecule has 4 aliphatic rings. The molecule has 1 aliphatic heterocycles. The molecule has 2 fully saturated rings. The quantitative estimate of drug-likeness (QED) is 0.572. The van der Waals surface area contributed by atoms with Gasteiger partial charge in [0.2, 0.25) is 11.8 Å². The van der Waals surface area contributed by atoms with Gasteiger partial charge < -0.3 is 5.32 Å². The van der Waals surface area contributed by atoms with E-state index in [4.69, 9.17) is 0 Å². The van der Waals surface area contributed by atoms with Gasteiger partial charge in [-0.1, -0.05) is 12.2 Å². The number of imide groups is 1. The van der Waals surface area contributed by atoms with Crippen molar-refractivity contribution < 1.29 is 14.4 Å². The summed E-state index contributed by atoms with van der Waals surface area (Å²) < 4.78 is 0. The minimum atomic E-state index is -0.301. The van der Waals surface area contributed by atoms with Crippen molar-refractivity contribution in [2.45, 2.75) is 32.1 Å². The van der Waals surface area contributed by atoms with E-state index < -0.39 is 0 Å². The van der Waals surface area contributed by atoms with E-state index >= 15 is 0 Å². The monoisotopic (exact) mass is 443 g/mol. The number of anilines is 2. The minimum absolute atomic E-state index is 0.128. The van der Waals surface area contributed by atoms with Gasteiger partial charge in [0.25, 0.3) is 5.91 Å². The molecule has 1 aromatic heterocycles.